The highest BCUT2D eigenvalue weighted by atomic mass is 32.2. The number of hydrogen-bond donors (Lipinski definition) is 3. The van der Waals surface area contributed by atoms with Gasteiger partial charge in [-0.3, -0.25) is 4.79 Å². The van der Waals surface area contributed by atoms with E-state index in [1.165, 1.54) is 0 Å². The van der Waals surface area contributed by atoms with Gasteiger partial charge >= 0.3 is 6.03 Å². The number of hydrogen-bond acceptors (Lipinski definition) is 3. The fourth-order valence-corrected chi connectivity index (χ4v) is 4.41. The fraction of sp³-hybridized carbons (Fsp3) is 0.867. The molecule has 6 heteroatoms. The van der Waals surface area contributed by atoms with Crippen LogP contribution in [0.4, 0.5) is 4.79 Å². The van der Waals surface area contributed by atoms with Gasteiger partial charge in [-0.25, -0.2) is 4.79 Å². The second-order valence-electron chi connectivity index (χ2n) is 6.40. The second kappa shape index (κ2) is 7.92. The Morgan fingerprint density at radius 1 is 1.38 bits per heavy atom. The van der Waals surface area contributed by atoms with E-state index in [-0.39, 0.29) is 18.0 Å². The largest absolute Gasteiger partial charge is 0.356 e. The van der Waals surface area contributed by atoms with E-state index < -0.39 is 0 Å². The van der Waals surface area contributed by atoms with Crippen molar-refractivity contribution in [1.29, 1.82) is 0 Å². The molecule has 3 atom stereocenters. The van der Waals surface area contributed by atoms with Gasteiger partial charge in [-0.1, -0.05) is 20.3 Å². The molecule has 120 valence electrons. The molecule has 2 heterocycles. The van der Waals surface area contributed by atoms with E-state index in [4.69, 9.17) is 0 Å². The number of carbonyl (C=O) groups excluding carboxylic acids is 2. The number of unbranched alkanes of at least 4 members (excludes halogenated alkanes) is 1. The number of urea groups is 1. The minimum atomic E-state index is -0.0279. The Kier molecular flexibility index (Phi) is 6.21. The number of amides is 3. The normalized spacial score (nSPS) is 27.4. The Bertz CT molecular complexity index is 376. The molecule has 2 aliphatic rings. The predicted molar refractivity (Wildman–Crippen MR) is 86.4 cm³/mol. The van der Waals surface area contributed by atoms with Crippen LogP contribution in [0.2, 0.25) is 0 Å². The first kappa shape index (κ1) is 16.5. The topological polar surface area (TPSA) is 70.2 Å². The van der Waals surface area contributed by atoms with Crippen molar-refractivity contribution in [3.8, 4) is 0 Å². The molecule has 2 rings (SSSR count). The highest BCUT2D eigenvalue weighted by Crippen LogP contribution is 2.33. The number of fused-ring (bicyclic) bond motifs is 1. The van der Waals surface area contributed by atoms with Crippen LogP contribution in [0.5, 0.6) is 0 Å². The molecule has 2 fully saturated rings. The van der Waals surface area contributed by atoms with Crippen molar-refractivity contribution >= 4 is 23.7 Å². The SMILES string of the molecule is CC(C)CCNC(=O)CCCC[C@@H]1SCC2NC(=O)NC21. The molecule has 0 aromatic heterocycles. The van der Waals surface area contributed by atoms with Crippen molar-refractivity contribution in [2.45, 2.75) is 63.3 Å². The molecule has 5 nitrogen and oxygen atoms in total. The van der Waals surface area contributed by atoms with Gasteiger partial charge in [0.05, 0.1) is 12.1 Å². The molecule has 0 spiro atoms. The zero-order chi connectivity index (χ0) is 15.2. The Labute approximate surface area is 131 Å². The maximum absolute atomic E-state index is 11.7. The molecule has 0 aliphatic carbocycles. The third kappa shape index (κ3) is 5.09. The molecule has 3 N–H and O–H groups in total. The molecule has 0 bridgehead atoms. The van der Waals surface area contributed by atoms with Gasteiger partial charge in [-0.2, -0.15) is 11.8 Å². The maximum Gasteiger partial charge on any atom is 0.315 e. The summed E-state index contributed by atoms with van der Waals surface area (Å²) in [5, 5.41) is 9.43. The summed E-state index contributed by atoms with van der Waals surface area (Å²) in [5.74, 6) is 1.81. The zero-order valence-electron chi connectivity index (χ0n) is 13.0. The summed E-state index contributed by atoms with van der Waals surface area (Å²) in [7, 11) is 0. The first-order valence-corrected chi connectivity index (χ1v) is 9.06. The molecule has 2 saturated heterocycles. The number of thioether (sulfide) groups is 1. The van der Waals surface area contributed by atoms with E-state index in [0.29, 0.717) is 23.6 Å². The van der Waals surface area contributed by atoms with E-state index in [9.17, 15) is 9.59 Å². The summed E-state index contributed by atoms with van der Waals surface area (Å²) in [6, 6.07) is 0.550. The molecule has 0 radical (unpaired) electrons. The maximum atomic E-state index is 11.7. The van der Waals surface area contributed by atoms with Crippen molar-refractivity contribution in [2.24, 2.45) is 5.92 Å². The second-order valence-corrected chi connectivity index (χ2v) is 7.67. The van der Waals surface area contributed by atoms with Crippen LogP contribution in [0.1, 0.15) is 46.0 Å². The van der Waals surface area contributed by atoms with Gasteiger partial charge in [0, 0.05) is 24.0 Å². The van der Waals surface area contributed by atoms with E-state index in [2.05, 4.69) is 29.8 Å². The number of carbonyl (C=O) groups is 2. The van der Waals surface area contributed by atoms with E-state index in [0.717, 1.165) is 38.0 Å². The number of rotatable bonds is 8. The fourth-order valence-electron chi connectivity index (χ4n) is 2.86. The van der Waals surface area contributed by atoms with Crippen LogP contribution in [-0.4, -0.2) is 41.6 Å². The van der Waals surface area contributed by atoms with Crippen LogP contribution < -0.4 is 16.0 Å². The third-order valence-electron chi connectivity index (χ3n) is 4.12. The van der Waals surface area contributed by atoms with Crippen LogP contribution >= 0.6 is 11.8 Å². The average Bonchev–Trinajstić information content (AvgIpc) is 2.94. The quantitative estimate of drug-likeness (QED) is 0.473. The van der Waals surface area contributed by atoms with Crippen molar-refractivity contribution in [3.63, 3.8) is 0 Å². The lowest BCUT2D eigenvalue weighted by molar-refractivity contribution is -0.121. The van der Waals surface area contributed by atoms with Crippen LogP contribution in [0.3, 0.4) is 0 Å². The minimum Gasteiger partial charge on any atom is -0.356 e. The van der Waals surface area contributed by atoms with Crippen LogP contribution in [0.25, 0.3) is 0 Å². The van der Waals surface area contributed by atoms with Crippen LogP contribution in [0, 0.1) is 5.92 Å². The molecule has 0 saturated carbocycles. The van der Waals surface area contributed by atoms with Gasteiger partial charge in [0.25, 0.3) is 0 Å². The van der Waals surface area contributed by atoms with Gasteiger partial charge in [0.2, 0.25) is 5.91 Å². The summed E-state index contributed by atoms with van der Waals surface area (Å²) in [5.41, 5.74) is 0. The van der Waals surface area contributed by atoms with Crippen molar-refractivity contribution < 1.29 is 9.59 Å². The molecule has 2 aliphatic heterocycles. The van der Waals surface area contributed by atoms with Crippen molar-refractivity contribution in [3.05, 3.63) is 0 Å². The molecular weight excluding hydrogens is 286 g/mol. The summed E-state index contributed by atoms with van der Waals surface area (Å²) in [6.45, 7) is 5.11. The lowest BCUT2D eigenvalue weighted by Gasteiger charge is -2.16. The van der Waals surface area contributed by atoms with E-state index in [1.54, 1.807) is 0 Å². The Balaban J connectivity index is 1.54. The average molecular weight is 313 g/mol. The highest BCUT2D eigenvalue weighted by molar-refractivity contribution is 8.00. The Hall–Kier alpha value is -0.910. The standard InChI is InChI=1S/C15H27N3O2S/c1-10(2)7-8-16-13(19)6-4-3-5-12-14-11(9-21-12)17-15(20)18-14/h10-12,14H,3-9H2,1-2H3,(H,16,19)(H2,17,18,20)/t11?,12-,14?/m0/s1. The smallest absolute Gasteiger partial charge is 0.315 e. The van der Waals surface area contributed by atoms with Gasteiger partial charge in [-0.05, 0) is 25.2 Å². The highest BCUT2D eigenvalue weighted by Gasteiger charge is 2.42. The first-order valence-electron chi connectivity index (χ1n) is 8.01. The van der Waals surface area contributed by atoms with Crippen molar-refractivity contribution in [2.75, 3.05) is 12.3 Å². The number of nitrogens with one attached hydrogen (secondary N) is 3. The monoisotopic (exact) mass is 313 g/mol. The van der Waals surface area contributed by atoms with Crippen molar-refractivity contribution in [1.82, 2.24) is 16.0 Å². The lowest BCUT2D eigenvalue weighted by atomic mass is 10.0. The summed E-state index contributed by atoms with van der Waals surface area (Å²) < 4.78 is 0. The summed E-state index contributed by atoms with van der Waals surface area (Å²) in [4.78, 5) is 22.9. The molecule has 2 unspecified atom stereocenters. The molecule has 3 amide bonds. The Morgan fingerprint density at radius 2 is 2.19 bits per heavy atom. The van der Waals surface area contributed by atoms with Gasteiger partial charge in [0.1, 0.15) is 0 Å². The Morgan fingerprint density at radius 3 is 2.95 bits per heavy atom. The molecule has 21 heavy (non-hydrogen) atoms. The first-order chi connectivity index (χ1) is 10.1. The zero-order valence-corrected chi connectivity index (χ0v) is 13.8. The summed E-state index contributed by atoms with van der Waals surface area (Å²) >= 11 is 1.93. The van der Waals surface area contributed by atoms with E-state index >= 15 is 0 Å². The van der Waals surface area contributed by atoms with E-state index in [1.807, 2.05) is 11.8 Å². The van der Waals surface area contributed by atoms with Crippen LogP contribution in [-0.2, 0) is 4.79 Å². The predicted octanol–water partition coefficient (Wildman–Crippen LogP) is 1.87. The van der Waals surface area contributed by atoms with Crippen LogP contribution in [0.15, 0.2) is 0 Å². The third-order valence-corrected chi connectivity index (χ3v) is 5.63. The van der Waals surface area contributed by atoms with Gasteiger partial charge < -0.3 is 16.0 Å². The summed E-state index contributed by atoms with van der Waals surface area (Å²) in [6.07, 6.45) is 4.72. The molecule has 0 aromatic carbocycles. The molecular formula is C15H27N3O2S. The van der Waals surface area contributed by atoms with Gasteiger partial charge in [-0.15, -0.1) is 0 Å². The van der Waals surface area contributed by atoms with Gasteiger partial charge in [0.15, 0.2) is 0 Å². The minimum absolute atomic E-state index is 0.0279. The molecule has 0 aromatic rings. The lowest BCUT2D eigenvalue weighted by Crippen LogP contribution is -2.36.